The summed E-state index contributed by atoms with van der Waals surface area (Å²) >= 11 is 0. The topological polar surface area (TPSA) is 41.5 Å². The minimum absolute atomic E-state index is 0. The van der Waals surface area contributed by atoms with E-state index < -0.39 is 6.10 Å². The zero-order chi connectivity index (χ0) is 12.0. The molecule has 0 aliphatic rings. The number of benzene rings is 1. The second-order valence-corrected chi connectivity index (χ2v) is 4.34. The van der Waals surface area contributed by atoms with Gasteiger partial charge in [0.05, 0.1) is 0 Å². The van der Waals surface area contributed by atoms with E-state index >= 15 is 0 Å². The first-order valence-corrected chi connectivity index (χ1v) is 5.69. The third kappa shape index (κ3) is 7.21. The quantitative estimate of drug-likeness (QED) is 0.823. The van der Waals surface area contributed by atoms with Crippen LogP contribution in [0.3, 0.4) is 0 Å². The Morgan fingerprint density at radius 3 is 2.35 bits per heavy atom. The van der Waals surface area contributed by atoms with Crippen LogP contribution in [0.15, 0.2) is 24.3 Å². The van der Waals surface area contributed by atoms with Crippen LogP contribution < -0.4 is 10.1 Å². The van der Waals surface area contributed by atoms with E-state index in [0.717, 1.165) is 5.75 Å². The van der Waals surface area contributed by atoms with Gasteiger partial charge in [-0.3, -0.25) is 0 Å². The predicted octanol–water partition coefficient (Wildman–Crippen LogP) is 2.15. The van der Waals surface area contributed by atoms with E-state index in [4.69, 9.17) is 4.74 Å². The van der Waals surface area contributed by atoms with Crippen LogP contribution >= 0.6 is 12.4 Å². The van der Waals surface area contributed by atoms with Crippen LogP contribution in [0.1, 0.15) is 19.4 Å². The number of hydrogen-bond acceptors (Lipinski definition) is 3. The van der Waals surface area contributed by atoms with Gasteiger partial charge in [-0.15, -0.1) is 12.4 Å². The number of hydrogen-bond donors (Lipinski definition) is 2. The Bertz CT molecular complexity index is 301. The van der Waals surface area contributed by atoms with Gasteiger partial charge in [-0.05, 0) is 19.1 Å². The Hall–Kier alpha value is -0.770. The zero-order valence-corrected chi connectivity index (χ0v) is 11.5. The highest BCUT2D eigenvalue weighted by Crippen LogP contribution is 2.11. The third-order valence-corrected chi connectivity index (χ3v) is 2.23. The molecule has 0 aromatic heterocycles. The van der Waals surface area contributed by atoms with Gasteiger partial charge in [0.2, 0.25) is 0 Å². The molecule has 0 radical (unpaired) electrons. The van der Waals surface area contributed by atoms with Crippen LogP contribution in [0.5, 0.6) is 5.75 Å². The van der Waals surface area contributed by atoms with Crippen molar-refractivity contribution in [2.45, 2.75) is 32.9 Å². The van der Waals surface area contributed by atoms with Crippen molar-refractivity contribution in [3.05, 3.63) is 29.8 Å². The molecule has 0 aliphatic carbocycles. The molecule has 0 aliphatic heterocycles. The maximum Gasteiger partial charge on any atom is 0.119 e. The van der Waals surface area contributed by atoms with Gasteiger partial charge in [-0.1, -0.05) is 31.5 Å². The summed E-state index contributed by atoms with van der Waals surface area (Å²) in [5, 5.41) is 12.8. The minimum atomic E-state index is -0.469. The van der Waals surface area contributed by atoms with Crippen LogP contribution in [0.25, 0.3) is 0 Å². The second kappa shape index (κ2) is 8.34. The Labute approximate surface area is 110 Å². The largest absolute Gasteiger partial charge is 0.491 e. The Morgan fingerprint density at radius 1 is 1.24 bits per heavy atom. The van der Waals surface area contributed by atoms with Crippen LogP contribution in [0, 0.1) is 6.92 Å². The number of nitrogens with one attached hydrogen (secondary N) is 1. The molecule has 1 atom stereocenters. The van der Waals surface area contributed by atoms with Gasteiger partial charge >= 0.3 is 0 Å². The van der Waals surface area contributed by atoms with Crippen LogP contribution in [-0.2, 0) is 0 Å². The molecule has 98 valence electrons. The maximum absolute atomic E-state index is 9.63. The van der Waals surface area contributed by atoms with Crippen molar-refractivity contribution in [1.82, 2.24) is 5.32 Å². The molecule has 1 aromatic carbocycles. The smallest absolute Gasteiger partial charge is 0.119 e. The van der Waals surface area contributed by atoms with Crippen LogP contribution in [0.2, 0.25) is 0 Å². The average molecular weight is 260 g/mol. The lowest BCUT2D eigenvalue weighted by atomic mass is 10.2. The summed E-state index contributed by atoms with van der Waals surface area (Å²) in [4.78, 5) is 0. The number of ether oxygens (including phenoxy) is 1. The van der Waals surface area contributed by atoms with E-state index in [1.807, 2.05) is 45.0 Å². The third-order valence-electron chi connectivity index (χ3n) is 2.23. The van der Waals surface area contributed by atoms with Crippen molar-refractivity contribution >= 4 is 12.4 Å². The maximum atomic E-state index is 9.63. The number of aliphatic hydroxyl groups excluding tert-OH is 1. The molecule has 1 unspecified atom stereocenters. The first-order chi connectivity index (χ1) is 7.58. The fourth-order valence-electron chi connectivity index (χ4n) is 1.26. The lowest BCUT2D eigenvalue weighted by Crippen LogP contribution is -2.35. The molecule has 2 N–H and O–H groups in total. The highest BCUT2D eigenvalue weighted by Gasteiger charge is 2.05. The molecular formula is C13H22ClNO2. The van der Waals surface area contributed by atoms with Crippen molar-refractivity contribution < 1.29 is 9.84 Å². The summed E-state index contributed by atoms with van der Waals surface area (Å²) in [6.45, 7) is 7.01. The number of rotatable bonds is 6. The van der Waals surface area contributed by atoms with Gasteiger partial charge < -0.3 is 15.2 Å². The molecule has 0 saturated heterocycles. The van der Waals surface area contributed by atoms with E-state index in [1.165, 1.54) is 5.56 Å². The predicted molar refractivity (Wildman–Crippen MR) is 73.1 cm³/mol. The molecule has 0 saturated carbocycles. The molecule has 1 rings (SSSR count). The van der Waals surface area contributed by atoms with Gasteiger partial charge in [0.1, 0.15) is 18.5 Å². The van der Waals surface area contributed by atoms with E-state index in [1.54, 1.807) is 0 Å². The summed E-state index contributed by atoms with van der Waals surface area (Å²) < 4.78 is 5.47. The molecule has 0 heterocycles. The van der Waals surface area contributed by atoms with Gasteiger partial charge in [0, 0.05) is 12.6 Å². The first-order valence-electron chi connectivity index (χ1n) is 5.69. The summed E-state index contributed by atoms with van der Waals surface area (Å²) in [5.41, 5.74) is 1.20. The Morgan fingerprint density at radius 2 is 1.82 bits per heavy atom. The summed E-state index contributed by atoms with van der Waals surface area (Å²) in [5.74, 6) is 0.800. The molecule has 0 bridgehead atoms. The molecule has 4 heteroatoms. The molecule has 17 heavy (non-hydrogen) atoms. The minimum Gasteiger partial charge on any atom is -0.491 e. The number of aliphatic hydroxyl groups is 1. The monoisotopic (exact) mass is 259 g/mol. The van der Waals surface area contributed by atoms with E-state index in [0.29, 0.717) is 19.2 Å². The van der Waals surface area contributed by atoms with Crippen molar-refractivity contribution in [2.24, 2.45) is 0 Å². The van der Waals surface area contributed by atoms with Crippen LogP contribution in [-0.4, -0.2) is 30.4 Å². The summed E-state index contributed by atoms with van der Waals surface area (Å²) in [6.07, 6.45) is -0.469. The number of aryl methyl sites for hydroxylation is 1. The van der Waals surface area contributed by atoms with E-state index in [9.17, 15) is 5.11 Å². The fourth-order valence-corrected chi connectivity index (χ4v) is 1.26. The Kier molecular flexibility index (Phi) is 7.96. The van der Waals surface area contributed by atoms with E-state index in [2.05, 4.69) is 5.32 Å². The SMILES string of the molecule is Cc1ccc(OCC(O)CNC(C)C)cc1.Cl. The fraction of sp³-hybridized carbons (Fsp3) is 0.538. The van der Waals surface area contributed by atoms with Crippen molar-refractivity contribution in [2.75, 3.05) is 13.2 Å². The first kappa shape index (κ1) is 16.2. The summed E-state index contributed by atoms with van der Waals surface area (Å²) in [7, 11) is 0. The molecule has 0 fully saturated rings. The Balaban J connectivity index is 0.00000256. The highest BCUT2D eigenvalue weighted by atomic mass is 35.5. The van der Waals surface area contributed by atoms with Crippen LogP contribution in [0.4, 0.5) is 0 Å². The molecule has 0 amide bonds. The molecular weight excluding hydrogens is 238 g/mol. The lowest BCUT2D eigenvalue weighted by molar-refractivity contribution is 0.104. The lowest BCUT2D eigenvalue weighted by Gasteiger charge is -2.15. The summed E-state index contributed by atoms with van der Waals surface area (Å²) in [6, 6.07) is 8.20. The van der Waals surface area contributed by atoms with Crippen molar-refractivity contribution in [1.29, 1.82) is 0 Å². The average Bonchev–Trinajstić information content (AvgIpc) is 2.25. The van der Waals surface area contributed by atoms with Gasteiger partial charge in [-0.2, -0.15) is 0 Å². The highest BCUT2D eigenvalue weighted by molar-refractivity contribution is 5.85. The molecule has 0 spiro atoms. The molecule has 1 aromatic rings. The van der Waals surface area contributed by atoms with Gasteiger partial charge in [-0.25, -0.2) is 0 Å². The van der Waals surface area contributed by atoms with Crippen molar-refractivity contribution in [3.63, 3.8) is 0 Å². The zero-order valence-electron chi connectivity index (χ0n) is 10.6. The second-order valence-electron chi connectivity index (χ2n) is 4.34. The van der Waals surface area contributed by atoms with E-state index in [-0.39, 0.29) is 12.4 Å². The number of halogens is 1. The van der Waals surface area contributed by atoms with Crippen molar-refractivity contribution in [3.8, 4) is 5.75 Å². The van der Waals surface area contributed by atoms with Gasteiger partial charge in [0.25, 0.3) is 0 Å². The van der Waals surface area contributed by atoms with Gasteiger partial charge in [0.15, 0.2) is 0 Å². The standard InChI is InChI=1S/C13H21NO2.ClH/c1-10(2)14-8-12(15)9-16-13-6-4-11(3)5-7-13;/h4-7,10,12,14-15H,8-9H2,1-3H3;1H. The normalized spacial score (nSPS) is 12.1. The molecule has 3 nitrogen and oxygen atoms in total.